The van der Waals surface area contributed by atoms with Crippen molar-refractivity contribution >= 4 is 11.6 Å². The van der Waals surface area contributed by atoms with Crippen LogP contribution >= 0.6 is 0 Å². The van der Waals surface area contributed by atoms with Gasteiger partial charge in [-0.25, -0.2) is 9.97 Å². The van der Waals surface area contributed by atoms with Crippen LogP contribution in [0.4, 0.5) is 11.6 Å². The van der Waals surface area contributed by atoms with Crippen molar-refractivity contribution in [3.8, 4) is 0 Å². The van der Waals surface area contributed by atoms with E-state index in [2.05, 4.69) is 30.8 Å². The standard InChI is InChI=1S/C14H24N4/c1-5-6-9(2)18(4)14-10(3)12(15)16-13(17-14)11-7-8-11/h9,11H,5-8H2,1-4H3,(H2,15,16,17). The number of hydrogen-bond donors (Lipinski definition) is 1. The monoisotopic (exact) mass is 248 g/mol. The van der Waals surface area contributed by atoms with Gasteiger partial charge in [0.1, 0.15) is 17.5 Å². The van der Waals surface area contributed by atoms with Crippen LogP contribution in [0.3, 0.4) is 0 Å². The van der Waals surface area contributed by atoms with Gasteiger partial charge in [-0.05, 0) is 33.1 Å². The second-order valence-electron chi connectivity index (χ2n) is 5.44. The molecule has 0 bridgehead atoms. The molecule has 1 aliphatic carbocycles. The fourth-order valence-corrected chi connectivity index (χ4v) is 2.23. The van der Waals surface area contributed by atoms with E-state index >= 15 is 0 Å². The summed E-state index contributed by atoms with van der Waals surface area (Å²) in [6, 6.07) is 0.482. The van der Waals surface area contributed by atoms with Gasteiger partial charge in [0.05, 0.1) is 0 Å². The van der Waals surface area contributed by atoms with E-state index in [4.69, 9.17) is 10.7 Å². The molecule has 1 aliphatic rings. The summed E-state index contributed by atoms with van der Waals surface area (Å²) in [6.07, 6.45) is 4.76. The lowest BCUT2D eigenvalue weighted by molar-refractivity contribution is 0.608. The molecule has 1 atom stereocenters. The van der Waals surface area contributed by atoms with Gasteiger partial charge in [0.25, 0.3) is 0 Å². The first kappa shape index (κ1) is 13.1. The molecule has 0 amide bonds. The number of nitrogens with two attached hydrogens (primary N) is 1. The molecule has 18 heavy (non-hydrogen) atoms. The van der Waals surface area contributed by atoms with Gasteiger partial charge in [0, 0.05) is 24.6 Å². The zero-order valence-electron chi connectivity index (χ0n) is 11.9. The molecule has 1 aromatic heterocycles. The van der Waals surface area contributed by atoms with Crippen molar-refractivity contribution in [3.05, 3.63) is 11.4 Å². The van der Waals surface area contributed by atoms with Crippen molar-refractivity contribution in [2.75, 3.05) is 17.7 Å². The van der Waals surface area contributed by atoms with Crippen LogP contribution in [0.2, 0.25) is 0 Å². The first-order valence-electron chi connectivity index (χ1n) is 6.91. The first-order chi connectivity index (χ1) is 8.54. The summed E-state index contributed by atoms with van der Waals surface area (Å²) in [5.41, 5.74) is 7.03. The smallest absolute Gasteiger partial charge is 0.137 e. The Labute approximate surface area is 110 Å². The second kappa shape index (κ2) is 5.12. The van der Waals surface area contributed by atoms with Crippen LogP contribution in [0, 0.1) is 6.92 Å². The summed E-state index contributed by atoms with van der Waals surface area (Å²) in [4.78, 5) is 11.4. The quantitative estimate of drug-likeness (QED) is 0.870. The molecule has 1 aromatic rings. The summed E-state index contributed by atoms with van der Waals surface area (Å²) in [6.45, 7) is 6.45. The van der Waals surface area contributed by atoms with E-state index in [1.54, 1.807) is 0 Å². The topological polar surface area (TPSA) is 55.0 Å². The predicted molar refractivity (Wildman–Crippen MR) is 75.9 cm³/mol. The summed E-state index contributed by atoms with van der Waals surface area (Å²) < 4.78 is 0. The summed E-state index contributed by atoms with van der Waals surface area (Å²) in [5.74, 6) is 3.12. The Balaban J connectivity index is 2.30. The molecule has 4 nitrogen and oxygen atoms in total. The molecule has 100 valence electrons. The van der Waals surface area contributed by atoms with Crippen LogP contribution in [0.15, 0.2) is 0 Å². The highest BCUT2D eigenvalue weighted by Crippen LogP contribution is 2.39. The lowest BCUT2D eigenvalue weighted by Crippen LogP contribution is -2.30. The van der Waals surface area contributed by atoms with E-state index in [0.29, 0.717) is 17.8 Å². The minimum absolute atomic E-state index is 0.482. The third kappa shape index (κ3) is 2.57. The van der Waals surface area contributed by atoms with Gasteiger partial charge in [0.15, 0.2) is 0 Å². The van der Waals surface area contributed by atoms with E-state index in [1.165, 1.54) is 25.7 Å². The van der Waals surface area contributed by atoms with E-state index in [1.807, 2.05) is 6.92 Å². The third-order valence-corrected chi connectivity index (χ3v) is 3.82. The van der Waals surface area contributed by atoms with Crippen molar-refractivity contribution in [2.45, 2.75) is 58.4 Å². The fourth-order valence-electron chi connectivity index (χ4n) is 2.23. The summed E-state index contributed by atoms with van der Waals surface area (Å²) >= 11 is 0. The highest BCUT2D eigenvalue weighted by atomic mass is 15.2. The summed E-state index contributed by atoms with van der Waals surface area (Å²) in [7, 11) is 2.10. The van der Waals surface area contributed by atoms with E-state index < -0.39 is 0 Å². The van der Waals surface area contributed by atoms with E-state index in [0.717, 1.165) is 17.2 Å². The van der Waals surface area contributed by atoms with Gasteiger partial charge < -0.3 is 10.6 Å². The average Bonchev–Trinajstić information content (AvgIpc) is 3.16. The minimum atomic E-state index is 0.482. The van der Waals surface area contributed by atoms with Crippen molar-refractivity contribution in [1.29, 1.82) is 0 Å². The van der Waals surface area contributed by atoms with Crippen molar-refractivity contribution in [1.82, 2.24) is 9.97 Å². The van der Waals surface area contributed by atoms with Gasteiger partial charge in [-0.2, -0.15) is 0 Å². The molecule has 0 aromatic carbocycles. The number of anilines is 2. The molecule has 0 aliphatic heterocycles. The zero-order valence-corrected chi connectivity index (χ0v) is 11.9. The van der Waals surface area contributed by atoms with Crippen LogP contribution in [-0.4, -0.2) is 23.1 Å². The largest absolute Gasteiger partial charge is 0.383 e. The Morgan fingerprint density at radius 3 is 2.61 bits per heavy atom. The van der Waals surface area contributed by atoms with Gasteiger partial charge in [-0.1, -0.05) is 13.3 Å². The average molecular weight is 248 g/mol. The Morgan fingerprint density at radius 1 is 1.39 bits per heavy atom. The maximum atomic E-state index is 6.02. The normalized spacial score (nSPS) is 16.7. The lowest BCUT2D eigenvalue weighted by atomic mass is 10.1. The molecule has 1 unspecified atom stereocenters. The van der Waals surface area contributed by atoms with Crippen molar-refractivity contribution < 1.29 is 0 Å². The van der Waals surface area contributed by atoms with Crippen molar-refractivity contribution in [3.63, 3.8) is 0 Å². The maximum Gasteiger partial charge on any atom is 0.137 e. The molecule has 2 N–H and O–H groups in total. The Bertz CT molecular complexity index is 426. The molecule has 0 radical (unpaired) electrons. The molecule has 1 saturated carbocycles. The van der Waals surface area contributed by atoms with Crippen molar-refractivity contribution in [2.24, 2.45) is 0 Å². The maximum absolute atomic E-state index is 6.02. The second-order valence-corrected chi connectivity index (χ2v) is 5.44. The highest BCUT2D eigenvalue weighted by molar-refractivity contribution is 5.56. The Hall–Kier alpha value is -1.32. The van der Waals surface area contributed by atoms with E-state index in [-0.39, 0.29) is 0 Å². The Morgan fingerprint density at radius 2 is 2.06 bits per heavy atom. The van der Waals surface area contributed by atoms with Gasteiger partial charge in [-0.3, -0.25) is 0 Å². The Kier molecular flexibility index (Phi) is 3.73. The molecule has 4 heteroatoms. The van der Waals surface area contributed by atoms with Gasteiger partial charge in [-0.15, -0.1) is 0 Å². The zero-order chi connectivity index (χ0) is 13.3. The van der Waals surface area contributed by atoms with Crippen LogP contribution < -0.4 is 10.6 Å². The summed E-state index contributed by atoms with van der Waals surface area (Å²) in [5, 5.41) is 0. The minimum Gasteiger partial charge on any atom is -0.383 e. The van der Waals surface area contributed by atoms with Crippen LogP contribution in [-0.2, 0) is 0 Å². The van der Waals surface area contributed by atoms with Crippen LogP contribution in [0.1, 0.15) is 56.8 Å². The van der Waals surface area contributed by atoms with Gasteiger partial charge >= 0.3 is 0 Å². The van der Waals surface area contributed by atoms with Crippen LogP contribution in [0.5, 0.6) is 0 Å². The molecule has 0 spiro atoms. The number of aromatic nitrogens is 2. The lowest BCUT2D eigenvalue weighted by Gasteiger charge is -2.27. The molecular formula is C14H24N4. The van der Waals surface area contributed by atoms with Crippen LogP contribution in [0.25, 0.3) is 0 Å². The number of nitrogen functional groups attached to an aromatic ring is 1. The number of nitrogens with zero attached hydrogens (tertiary/aromatic N) is 3. The number of rotatable bonds is 5. The third-order valence-electron chi connectivity index (χ3n) is 3.82. The molecule has 0 saturated heterocycles. The molecule has 2 rings (SSSR count). The van der Waals surface area contributed by atoms with E-state index in [9.17, 15) is 0 Å². The predicted octanol–water partition coefficient (Wildman–Crippen LogP) is 2.87. The first-order valence-corrected chi connectivity index (χ1v) is 6.91. The highest BCUT2D eigenvalue weighted by Gasteiger charge is 2.28. The van der Waals surface area contributed by atoms with Gasteiger partial charge in [0.2, 0.25) is 0 Å². The fraction of sp³-hybridized carbons (Fsp3) is 0.714. The number of hydrogen-bond acceptors (Lipinski definition) is 4. The molecular weight excluding hydrogens is 224 g/mol. The molecule has 1 heterocycles. The SMILES string of the molecule is CCCC(C)N(C)c1nc(C2CC2)nc(N)c1C. The molecule has 1 fully saturated rings.